The van der Waals surface area contributed by atoms with E-state index in [-0.39, 0.29) is 23.0 Å². The largest absolute Gasteiger partial charge is 0.454 e. The number of hydrogen-bond donors (Lipinski definition) is 1. The number of anilines is 2. The first-order chi connectivity index (χ1) is 15.8. The van der Waals surface area contributed by atoms with E-state index in [1.165, 1.54) is 11.8 Å². The number of benzene rings is 2. The normalized spacial score (nSPS) is 15.8. The summed E-state index contributed by atoms with van der Waals surface area (Å²) in [7, 11) is -3.46. The van der Waals surface area contributed by atoms with Crippen LogP contribution in [0.3, 0.4) is 0 Å². The molecule has 0 atom stereocenters. The molecule has 2 aliphatic heterocycles. The molecule has 0 radical (unpaired) electrons. The zero-order valence-corrected chi connectivity index (χ0v) is 19.4. The van der Waals surface area contributed by atoms with Gasteiger partial charge in [0, 0.05) is 29.1 Å². The van der Waals surface area contributed by atoms with Gasteiger partial charge in [0.15, 0.2) is 17.6 Å². The van der Waals surface area contributed by atoms with Crippen LogP contribution < -0.4 is 10.2 Å². The van der Waals surface area contributed by atoms with E-state index in [0.29, 0.717) is 34.3 Å². The lowest BCUT2D eigenvalue weighted by atomic mass is 10.1. The van der Waals surface area contributed by atoms with Crippen LogP contribution in [0.2, 0.25) is 0 Å². The Balaban J connectivity index is 1.36. The van der Waals surface area contributed by atoms with Crippen molar-refractivity contribution in [3.05, 3.63) is 53.6 Å². The van der Waals surface area contributed by atoms with Gasteiger partial charge in [-0.3, -0.25) is 9.59 Å². The summed E-state index contributed by atoms with van der Waals surface area (Å²) < 4.78 is 32.4. The van der Waals surface area contributed by atoms with Gasteiger partial charge in [0.1, 0.15) is 0 Å². The van der Waals surface area contributed by atoms with Crippen molar-refractivity contribution in [2.24, 2.45) is 4.40 Å². The van der Waals surface area contributed by atoms with E-state index in [0.717, 1.165) is 12.1 Å². The maximum atomic E-state index is 12.5. The Hall–Kier alpha value is -3.18. The summed E-state index contributed by atoms with van der Waals surface area (Å²) in [5, 5.41) is 3.11. The first kappa shape index (κ1) is 23.0. The van der Waals surface area contributed by atoms with Crippen LogP contribution in [0.4, 0.5) is 11.4 Å². The quantitative estimate of drug-likeness (QED) is 0.467. The number of nitrogens with one attached hydrogen (secondary N) is 1. The highest BCUT2D eigenvalue weighted by Gasteiger charge is 2.33. The van der Waals surface area contributed by atoms with Gasteiger partial charge in [-0.2, -0.15) is 0 Å². The third-order valence-corrected chi connectivity index (χ3v) is 7.32. The molecule has 2 aliphatic rings. The Morgan fingerprint density at radius 1 is 1.12 bits per heavy atom. The third kappa shape index (κ3) is 5.25. The number of carbonyl (C=O) groups is 3. The summed E-state index contributed by atoms with van der Waals surface area (Å²) in [6.07, 6.45) is 1.16. The van der Waals surface area contributed by atoms with Crippen LogP contribution in [0, 0.1) is 0 Å². The average molecular weight is 488 g/mol. The van der Waals surface area contributed by atoms with Crippen LogP contribution in [-0.2, 0) is 19.6 Å². The number of nitrogens with zero attached hydrogens (tertiary/aromatic N) is 2. The van der Waals surface area contributed by atoms with Crippen LogP contribution in [0.25, 0.3) is 0 Å². The predicted octanol–water partition coefficient (Wildman–Crippen LogP) is 3.08. The van der Waals surface area contributed by atoms with Crippen molar-refractivity contribution in [1.29, 1.82) is 0 Å². The molecule has 172 valence electrons. The van der Waals surface area contributed by atoms with Gasteiger partial charge in [0.2, 0.25) is 5.91 Å². The topological polar surface area (TPSA) is 122 Å². The molecule has 1 amide bonds. The van der Waals surface area contributed by atoms with E-state index in [1.54, 1.807) is 47.4 Å². The highest BCUT2D eigenvalue weighted by atomic mass is 32.2. The van der Waals surface area contributed by atoms with Gasteiger partial charge in [0.05, 0.1) is 17.0 Å². The minimum atomic E-state index is -3.46. The van der Waals surface area contributed by atoms with Gasteiger partial charge in [-0.05, 0) is 60.6 Å². The van der Waals surface area contributed by atoms with Crippen molar-refractivity contribution in [3.63, 3.8) is 0 Å². The number of ketones is 1. The van der Waals surface area contributed by atoms with Crippen molar-refractivity contribution in [3.8, 4) is 0 Å². The number of hydrogen-bond acceptors (Lipinski definition) is 8. The van der Waals surface area contributed by atoms with Crippen molar-refractivity contribution in [2.45, 2.75) is 24.7 Å². The fraction of sp³-hybridized carbons (Fsp3) is 0.273. The molecule has 0 spiro atoms. The van der Waals surface area contributed by atoms with Crippen molar-refractivity contribution in [2.75, 3.05) is 29.1 Å². The Bertz CT molecular complexity index is 1260. The van der Waals surface area contributed by atoms with Gasteiger partial charge < -0.3 is 15.0 Å². The summed E-state index contributed by atoms with van der Waals surface area (Å²) >= 11 is 1.18. The second-order valence-corrected chi connectivity index (χ2v) is 10.2. The maximum Gasteiger partial charge on any atom is 0.338 e. The summed E-state index contributed by atoms with van der Waals surface area (Å²) in [4.78, 5) is 39.0. The summed E-state index contributed by atoms with van der Waals surface area (Å²) in [5.74, 6) is -1.19. The Morgan fingerprint density at radius 2 is 1.85 bits per heavy atom. The first-order valence-corrected chi connectivity index (χ1v) is 12.7. The van der Waals surface area contributed by atoms with E-state index in [4.69, 9.17) is 4.74 Å². The van der Waals surface area contributed by atoms with Crippen LogP contribution in [0.15, 0.2) is 51.8 Å². The molecule has 0 unspecified atom stereocenters. The molecule has 0 saturated carbocycles. The van der Waals surface area contributed by atoms with Crippen molar-refractivity contribution < 1.29 is 27.5 Å². The number of amidine groups is 1. The fourth-order valence-electron chi connectivity index (χ4n) is 3.35. The van der Waals surface area contributed by atoms with E-state index in [1.807, 2.05) is 6.92 Å². The second kappa shape index (κ2) is 9.36. The highest BCUT2D eigenvalue weighted by molar-refractivity contribution is 8.15. The third-order valence-electron chi connectivity index (χ3n) is 5.01. The Morgan fingerprint density at radius 3 is 2.58 bits per heavy atom. The molecule has 1 N–H and O–H groups in total. The number of Topliss-reactive ketones (excluding diaryl/α,β-unsaturated/α-hetero) is 1. The molecule has 11 heteroatoms. The molecular weight excluding hydrogens is 466 g/mol. The smallest absolute Gasteiger partial charge is 0.338 e. The van der Waals surface area contributed by atoms with Crippen LogP contribution in [0.1, 0.15) is 40.5 Å². The van der Waals surface area contributed by atoms with Crippen molar-refractivity contribution >= 4 is 56.0 Å². The molecule has 2 aromatic rings. The lowest BCUT2D eigenvalue weighted by molar-refractivity contribution is -0.116. The molecule has 0 aromatic heterocycles. The number of esters is 1. The molecule has 33 heavy (non-hydrogen) atoms. The van der Waals surface area contributed by atoms with Gasteiger partial charge >= 0.3 is 5.97 Å². The second-order valence-electron chi connectivity index (χ2n) is 7.47. The van der Waals surface area contributed by atoms with E-state index in [2.05, 4.69) is 9.71 Å². The maximum absolute atomic E-state index is 12.5. The Labute approximate surface area is 195 Å². The van der Waals surface area contributed by atoms with Gasteiger partial charge in [-0.1, -0.05) is 6.92 Å². The molecule has 0 fully saturated rings. The van der Waals surface area contributed by atoms with E-state index < -0.39 is 22.6 Å². The number of sulfonamides is 1. The SMILES string of the molecule is CCCC(=O)Nc1ccc(C(=O)COC(=O)c2ccc3c(c2)SC2=NS(=O)(=O)CCN23)cc1. The number of carbonyl (C=O) groups excluding carboxylic acids is 3. The molecule has 4 rings (SSSR count). The van der Waals surface area contributed by atoms with Crippen LogP contribution in [-0.4, -0.2) is 50.1 Å². The Kier molecular flexibility index (Phi) is 6.52. The summed E-state index contributed by atoms with van der Waals surface area (Å²) in [6, 6.07) is 11.3. The average Bonchev–Trinajstić information content (AvgIpc) is 3.13. The van der Waals surface area contributed by atoms with Gasteiger partial charge in [0.25, 0.3) is 10.0 Å². The molecule has 9 nitrogen and oxygen atoms in total. The zero-order chi connectivity index (χ0) is 23.6. The molecule has 0 bridgehead atoms. The lowest BCUT2D eigenvalue weighted by Crippen LogP contribution is -2.35. The summed E-state index contributed by atoms with van der Waals surface area (Å²) in [6.45, 7) is 1.79. The van der Waals surface area contributed by atoms with E-state index in [9.17, 15) is 22.8 Å². The fourth-order valence-corrected chi connectivity index (χ4v) is 5.64. The molecule has 2 aromatic carbocycles. The molecule has 2 heterocycles. The number of amides is 1. The van der Waals surface area contributed by atoms with Gasteiger partial charge in [-0.25, -0.2) is 13.2 Å². The minimum Gasteiger partial charge on any atom is -0.454 e. The number of rotatable bonds is 7. The summed E-state index contributed by atoms with van der Waals surface area (Å²) in [5.41, 5.74) is 1.99. The van der Waals surface area contributed by atoms with Crippen LogP contribution in [0.5, 0.6) is 0 Å². The lowest BCUT2D eigenvalue weighted by Gasteiger charge is -2.22. The standard InChI is InChI=1S/C22H21N3O6S2/c1-2-3-20(27)23-16-7-4-14(5-8-16)18(26)13-31-21(28)15-6-9-17-19(12-15)32-22-24-33(29,30)11-10-25(17)22/h4-9,12H,2-3,10-11,13H2,1H3,(H,23,27). The molecular formula is C22H21N3O6S2. The molecule has 0 aliphatic carbocycles. The predicted molar refractivity (Wildman–Crippen MR) is 125 cm³/mol. The minimum absolute atomic E-state index is 0.0610. The first-order valence-electron chi connectivity index (χ1n) is 10.3. The monoisotopic (exact) mass is 487 g/mol. The number of fused-ring (bicyclic) bond motifs is 3. The zero-order valence-electron chi connectivity index (χ0n) is 17.7. The highest BCUT2D eigenvalue weighted by Crippen LogP contribution is 2.42. The van der Waals surface area contributed by atoms with Crippen LogP contribution >= 0.6 is 11.8 Å². The van der Waals surface area contributed by atoms with E-state index >= 15 is 0 Å². The number of ether oxygens (including phenoxy) is 1. The number of thioether (sulfide) groups is 1. The van der Waals surface area contributed by atoms with Crippen molar-refractivity contribution in [1.82, 2.24) is 0 Å². The van der Waals surface area contributed by atoms with Gasteiger partial charge in [-0.15, -0.1) is 4.40 Å². The molecule has 0 saturated heterocycles.